The lowest BCUT2D eigenvalue weighted by atomic mass is 10.1. The fourth-order valence-electron chi connectivity index (χ4n) is 6.76. The predicted molar refractivity (Wildman–Crippen MR) is 238 cm³/mol. The summed E-state index contributed by atoms with van der Waals surface area (Å²) in [6, 6.07) is 0. The maximum absolute atomic E-state index is 12.7. The van der Waals surface area contributed by atoms with Crippen LogP contribution in [0, 0.1) is 0 Å². The number of carbonyl (C=O) groups excluding carboxylic acids is 3. The lowest BCUT2D eigenvalue weighted by Gasteiger charge is -2.18. The van der Waals surface area contributed by atoms with Crippen molar-refractivity contribution in [1.29, 1.82) is 0 Å². The first-order chi connectivity index (χ1) is 27.0. The number of hydrogen-bond acceptors (Lipinski definition) is 8. The molecule has 0 spiro atoms. The summed E-state index contributed by atoms with van der Waals surface area (Å²) >= 11 is 0. The summed E-state index contributed by atoms with van der Waals surface area (Å²) in [5, 5.41) is 0.702. The first-order valence-electron chi connectivity index (χ1n) is 23.1. The molecule has 320 valence electrons. The second-order valence-corrected chi connectivity index (χ2v) is 18.5. The number of unbranched alkanes of at least 4 members (excludes halogenated alkanes) is 23. The molecule has 1 rings (SSSR count). The molecule has 8 heteroatoms. The molecule has 0 aromatic heterocycles. The molecule has 0 bridgehead atoms. The van der Waals surface area contributed by atoms with Crippen molar-refractivity contribution < 1.29 is 28.6 Å². The van der Waals surface area contributed by atoms with E-state index in [9.17, 15) is 14.4 Å². The van der Waals surface area contributed by atoms with Gasteiger partial charge in [0.25, 0.3) is 0 Å². The Kier molecular flexibility index (Phi) is 38.3. The van der Waals surface area contributed by atoms with Gasteiger partial charge in [-0.05, 0) is 83.5 Å². The molecule has 1 aliphatic rings. The molecule has 6 nitrogen and oxygen atoms in total. The lowest BCUT2D eigenvalue weighted by Crippen LogP contribution is -2.30. The molecule has 0 saturated carbocycles. The van der Waals surface area contributed by atoms with E-state index < -0.39 is 6.10 Å². The highest BCUT2D eigenvalue weighted by atomic mass is 33.1. The maximum atomic E-state index is 12.7. The molecule has 2 atom stereocenters. The molecule has 2 unspecified atom stereocenters. The van der Waals surface area contributed by atoms with E-state index in [1.54, 1.807) is 0 Å². The molecule has 1 aliphatic heterocycles. The van der Waals surface area contributed by atoms with Gasteiger partial charge in [0.05, 0.1) is 0 Å². The number of esters is 3. The summed E-state index contributed by atoms with van der Waals surface area (Å²) in [4.78, 5) is 37.7. The fourth-order valence-corrected chi connectivity index (χ4v) is 9.79. The summed E-state index contributed by atoms with van der Waals surface area (Å²) in [7, 11) is 3.90. The van der Waals surface area contributed by atoms with E-state index >= 15 is 0 Å². The van der Waals surface area contributed by atoms with E-state index in [2.05, 4.69) is 38.2 Å². The Hall–Kier alpha value is -1.41. The first-order valence-corrected chi connectivity index (χ1v) is 25.5. The number of allylic oxidation sites excluding steroid dienone is 4. The quantitative estimate of drug-likeness (QED) is 0.0199. The highest BCUT2D eigenvalue weighted by molar-refractivity contribution is 8.77. The van der Waals surface area contributed by atoms with Crippen molar-refractivity contribution >= 4 is 39.5 Å². The van der Waals surface area contributed by atoms with Crippen LogP contribution in [-0.4, -0.2) is 48.2 Å². The number of rotatable bonds is 40. The van der Waals surface area contributed by atoms with Crippen molar-refractivity contribution in [3.63, 3.8) is 0 Å². The summed E-state index contributed by atoms with van der Waals surface area (Å²) < 4.78 is 16.7. The molecule has 1 saturated heterocycles. The van der Waals surface area contributed by atoms with Crippen LogP contribution in [0.3, 0.4) is 0 Å². The third kappa shape index (κ3) is 36.7. The molecule has 0 aromatic carbocycles. The van der Waals surface area contributed by atoms with Crippen LogP contribution in [0.25, 0.3) is 0 Å². The number of carbonyl (C=O) groups is 3. The Balaban J connectivity index is 2.24. The molecular formula is C47H84O6S2. The summed E-state index contributed by atoms with van der Waals surface area (Å²) in [5.74, 6) is 0.326. The first kappa shape index (κ1) is 51.6. The van der Waals surface area contributed by atoms with Crippen LogP contribution in [0.4, 0.5) is 0 Å². The van der Waals surface area contributed by atoms with Gasteiger partial charge in [-0.15, -0.1) is 0 Å². The van der Waals surface area contributed by atoms with Crippen molar-refractivity contribution in [3.05, 3.63) is 24.3 Å². The van der Waals surface area contributed by atoms with E-state index in [1.165, 1.54) is 128 Å². The van der Waals surface area contributed by atoms with Crippen molar-refractivity contribution in [2.45, 2.75) is 237 Å². The molecule has 1 fully saturated rings. The normalized spacial score (nSPS) is 14.9. The minimum absolute atomic E-state index is 0.0766. The van der Waals surface area contributed by atoms with Gasteiger partial charge < -0.3 is 14.2 Å². The largest absolute Gasteiger partial charge is 0.462 e. The second kappa shape index (κ2) is 40.8. The van der Waals surface area contributed by atoms with Gasteiger partial charge in [-0.3, -0.25) is 14.4 Å². The third-order valence-electron chi connectivity index (χ3n) is 10.3. The summed E-state index contributed by atoms with van der Waals surface area (Å²) in [6.45, 7) is 4.37. The topological polar surface area (TPSA) is 78.9 Å². The van der Waals surface area contributed by atoms with Gasteiger partial charge in [-0.2, -0.15) is 0 Å². The monoisotopic (exact) mass is 809 g/mol. The van der Waals surface area contributed by atoms with Gasteiger partial charge in [-0.25, -0.2) is 0 Å². The molecule has 0 aromatic rings. The predicted octanol–water partition coefficient (Wildman–Crippen LogP) is 14.8. The smallest absolute Gasteiger partial charge is 0.306 e. The Morgan fingerprint density at radius 3 is 1.31 bits per heavy atom. The van der Waals surface area contributed by atoms with E-state index in [4.69, 9.17) is 14.2 Å². The molecule has 0 amide bonds. The standard InChI is InChI=1S/C47H84O6S2/c1-3-5-7-9-11-13-15-17-19-21-23-25-27-29-31-36-45(48)51-41-43(42-52-46(49)37-34-33-35-44-39-40-54-55-44)53-47(50)38-32-30-28-26-24-22-20-18-16-14-12-10-8-6-4-2/h17-20,43-44H,3-16,21-42H2,1-2H3/b19-17-,20-18-. The van der Waals surface area contributed by atoms with Crippen LogP contribution in [0.1, 0.15) is 226 Å². The average Bonchev–Trinajstić information content (AvgIpc) is 3.71. The second-order valence-electron chi connectivity index (χ2n) is 15.7. The van der Waals surface area contributed by atoms with Gasteiger partial charge in [0.15, 0.2) is 6.10 Å². The van der Waals surface area contributed by atoms with E-state index in [0.717, 1.165) is 70.6 Å². The highest BCUT2D eigenvalue weighted by Crippen LogP contribution is 2.39. The van der Waals surface area contributed by atoms with Crippen LogP contribution in [0.2, 0.25) is 0 Å². The Bertz CT molecular complexity index is 948. The Morgan fingerprint density at radius 1 is 0.509 bits per heavy atom. The molecule has 1 heterocycles. The van der Waals surface area contributed by atoms with Gasteiger partial charge in [-0.1, -0.05) is 169 Å². The van der Waals surface area contributed by atoms with Gasteiger partial charge in [0.2, 0.25) is 0 Å². The SMILES string of the molecule is CCCCCCCC/C=C\CCCCCCCC(=O)OCC(COC(=O)CCCCC1CCSS1)OC(=O)CCCCCCC/C=C\CCCCCCCC. The molecule has 0 radical (unpaired) electrons. The minimum atomic E-state index is -0.774. The van der Waals surface area contributed by atoms with Crippen molar-refractivity contribution in [3.8, 4) is 0 Å². The Labute approximate surface area is 347 Å². The Morgan fingerprint density at radius 2 is 0.891 bits per heavy atom. The van der Waals surface area contributed by atoms with Crippen LogP contribution in [0.15, 0.2) is 24.3 Å². The maximum Gasteiger partial charge on any atom is 0.306 e. The molecular weight excluding hydrogens is 725 g/mol. The molecule has 0 N–H and O–H groups in total. The van der Waals surface area contributed by atoms with E-state index in [1.807, 2.05) is 21.6 Å². The lowest BCUT2D eigenvalue weighted by molar-refractivity contribution is -0.167. The zero-order valence-corrected chi connectivity index (χ0v) is 37.3. The zero-order valence-electron chi connectivity index (χ0n) is 35.7. The van der Waals surface area contributed by atoms with Crippen molar-refractivity contribution in [2.24, 2.45) is 0 Å². The van der Waals surface area contributed by atoms with E-state index in [0.29, 0.717) is 24.5 Å². The van der Waals surface area contributed by atoms with E-state index in [-0.39, 0.29) is 31.1 Å². The van der Waals surface area contributed by atoms with Crippen LogP contribution in [0.5, 0.6) is 0 Å². The summed E-state index contributed by atoms with van der Waals surface area (Å²) in [5.41, 5.74) is 0. The minimum Gasteiger partial charge on any atom is -0.462 e. The van der Waals surface area contributed by atoms with Crippen molar-refractivity contribution in [2.75, 3.05) is 19.0 Å². The molecule has 0 aliphatic carbocycles. The van der Waals surface area contributed by atoms with Crippen LogP contribution < -0.4 is 0 Å². The van der Waals surface area contributed by atoms with Crippen LogP contribution >= 0.6 is 21.6 Å². The highest BCUT2D eigenvalue weighted by Gasteiger charge is 2.20. The van der Waals surface area contributed by atoms with Gasteiger partial charge in [0, 0.05) is 30.3 Å². The number of ether oxygens (including phenoxy) is 3. The third-order valence-corrected chi connectivity index (χ3v) is 13.3. The molecule has 55 heavy (non-hydrogen) atoms. The summed E-state index contributed by atoms with van der Waals surface area (Å²) in [6.07, 6.45) is 45.1. The zero-order chi connectivity index (χ0) is 39.7. The van der Waals surface area contributed by atoms with Crippen LogP contribution in [-0.2, 0) is 28.6 Å². The van der Waals surface area contributed by atoms with Gasteiger partial charge >= 0.3 is 17.9 Å². The fraction of sp³-hybridized carbons (Fsp3) is 0.851. The van der Waals surface area contributed by atoms with Crippen molar-refractivity contribution in [1.82, 2.24) is 0 Å². The number of hydrogen-bond donors (Lipinski definition) is 0. The average molecular weight is 809 g/mol. The van der Waals surface area contributed by atoms with Gasteiger partial charge in [0.1, 0.15) is 13.2 Å².